The minimum Gasteiger partial charge on any atom is -0.493 e. The number of fused-ring (bicyclic) bond motifs is 1. The molecule has 0 amide bonds. The predicted octanol–water partition coefficient (Wildman–Crippen LogP) is 1.35. The van der Waals surface area contributed by atoms with Gasteiger partial charge in [-0.2, -0.15) is 0 Å². The highest BCUT2D eigenvalue weighted by Gasteiger charge is 2.38. The van der Waals surface area contributed by atoms with E-state index in [9.17, 15) is 5.11 Å². The SMILES string of the molecule is COc1cc(CN2CC3C[C@@H](O)CN3C[C@@H]2C)cc(OC)c1OC. The Morgan fingerprint density at radius 1 is 1.04 bits per heavy atom. The third kappa shape index (κ3) is 3.31. The van der Waals surface area contributed by atoms with Crippen LogP contribution in [0.25, 0.3) is 0 Å². The number of piperazine rings is 1. The molecule has 3 atom stereocenters. The topological polar surface area (TPSA) is 54.4 Å². The molecule has 0 radical (unpaired) electrons. The molecule has 0 aliphatic carbocycles. The average Bonchev–Trinajstić information content (AvgIpc) is 2.93. The molecule has 6 heteroatoms. The van der Waals surface area contributed by atoms with E-state index in [4.69, 9.17) is 14.2 Å². The summed E-state index contributed by atoms with van der Waals surface area (Å²) in [6.45, 7) is 5.88. The van der Waals surface area contributed by atoms with E-state index < -0.39 is 0 Å². The molecule has 1 aromatic carbocycles. The van der Waals surface area contributed by atoms with Gasteiger partial charge in [0.2, 0.25) is 5.75 Å². The highest BCUT2D eigenvalue weighted by molar-refractivity contribution is 5.53. The van der Waals surface area contributed by atoms with E-state index in [1.807, 2.05) is 12.1 Å². The summed E-state index contributed by atoms with van der Waals surface area (Å²) >= 11 is 0. The third-order valence-electron chi connectivity index (χ3n) is 5.18. The van der Waals surface area contributed by atoms with E-state index >= 15 is 0 Å². The van der Waals surface area contributed by atoms with Crippen molar-refractivity contribution in [2.75, 3.05) is 41.0 Å². The molecular formula is C18H28N2O4. The number of hydrogen-bond donors (Lipinski definition) is 1. The molecule has 24 heavy (non-hydrogen) atoms. The molecule has 0 saturated carbocycles. The van der Waals surface area contributed by atoms with Crippen LogP contribution in [0.4, 0.5) is 0 Å². The molecule has 0 aromatic heterocycles. The molecule has 2 saturated heterocycles. The summed E-state index contributed by atoms with van der Waals surface area (Å²) in [4.78, 5) is 4.89. The number of aliphatic hydroxyl groups excluding tert-OH is 1. The van der Waals surface area contributed by atoms with Crippen molar-refractivity contribution in [2.45, 2.75) is 38.1 Å². The van der Waals surface area contributed by atoms with Crippen molar-refractivity contribution < 1.29 is 19.3 Å². The van der Waals surface area contributed by atoms with E-state index in [0.717, 1.165) is 38.2 Å². The summed E-state index contributed by atoms with van der Waals surface area (Å²) in [6, 6.07) is 4.94. The van der Waals surface area contributed by atoms with Crippen LogP contribution >= 0.6 is 0 Å². The number of nitrogens with zero attached hydrogens (tertiary/aromatic N) is 2. The van der Waals surface area contributed by atoms with Gasteiger partial charge in [0.1, 0.15) is 0 Å². The van der Waals surface area contributed by atoms with Gasteiger partial charge in [-0.1, -0.05) is 0 Å². The molecule has 1 N–H and O–H groups in total. The van der Waals surface area contributed by atoms with Crippen LogP contribution in [-0.4, -0.2) is 74.1 Å². The summed E-state index contributed by atoms with van der Waals surface area (Å²) < 4.78 is 16.3. The predicted molar refractivity (Wildman–Crippen MR) is 92.0 cm³/mol. The maximum atomic E-state index is 9.91. The molecule has 2 aliphatic rings. The van der Waals surface area contributed by atoms with Crippen LogP contribution in [0, 0.1) is 0 Å². The van der Waals surface area contributed by atoms with Crippen LogP contribution in [0.3, 0.4) is 0 Å². The minimum atomic E-state index is -0.177. The lowest BCUT2D eigenvalue weighted by Gasteiger charge is -2.42. The Balaban J connectivity index is 1.78. The number of aliphatic hydroxyl groups is 1. The zero-order valence-electron chi connectivity index (χ0n) is 15.0. The Morgan fingerprint density at radius 2 is 1.71 bits per heavy atom. The summed E-state index contributed by atoms with van der Waals surface area (Å²) in [5, 5.41) is 9.91. The van der Waals surface area contributed by atoms with E-state index in [1.54, 1.807) is 21.3 Å². The zero-order chi connectivity index (χ0) is 17.3. The fourth-order valence-electron chi connectivity index (χ4n) is 3.96. The van der Waals surface area contributed by atoms with Gasteiger partial charge in [-0.25, -0.2) is 0 Å². The maximum absolute atomic E-state index is 9.91. The second kappa shape index (κ2) is 7.17. The lowest BCUT2D eigenvalue weighted by molar-refractivity contribution is 0.0527. The number of rotatable bonds is 5. The molecule has 134 valence electrons. The van der Waals surface area contributed by atoms with Crippen molar-refractivity contribution in [3.8, 4) is 17.2 Å². The van der Waals surface area contributed by atoms with Crippen LogP contribution in [0.15, 0.2) is 12.1 Å². The molecule has 6 nitrogen and oxygen atoms in total. The van der Waals surface area contributed by atoms with Crippen molar-refractivity contribution in [1.82, 2.24) is 9.80 Å². The van der Waals surface area contributed by atoms with Gasteiger partial charge in [-0.15, -0.1) is 0 Å². The second-order valence-corrected chi connectivity index (χ2v) is 6.81. The first-order valence-corrected chi connectivity index (χ1v) is 8.50. The van der Waals surface area contributed by atoms with E-state index in [-0.39, 0.29) is 6.10 Å². The van der Waals surface area contributed by atoms with Crippen molar-refractivity contribution in [3.05, 3.63) is 17.7 Å². The Bertz CT molecular complexity index is 555. The normalized spacial score (nSPS) is 27.8. The largest absolute Gasteiger partial charge is 0.493 e. The Hall–Kier alpha value is -1.50. The van der Waals surface area contributed by atoms with Gasteiger partial charge < -0.3 is 19.3 Å². The van der Waals surface area contributed by atoms with Crippen molar-refractivity contribution in [2.24, 2.45) is 0 Å². The summed E-state index contributed by atoms with van der Waals surface area (Å²) in [5.41, 5.74) is 1.14. The Morgan fingerprint density at radius 3 is 2.29 bits per heavy atom. The van der Waals surface area contributed by atoms with Crippen molar-refractivity contribution in [1.29, 1.82) is 0 Å². The van der Waals surface area contributed by atoms with Crippen LogP contribution in [0.1, 0.15) is 18.9 Å². The first-order chi connectivity index (χ1) is 11.5. The second-order valence-electron chi connectivity index (χ2n) is 6.81. The van der Waals surface area contributed by atoms with Gasteiger partial charge in [0, 0.05) is 38.3 Å². The van der Waals surface area contributed by atoms with Crippen molar-refractivity contribution in [3.63, 3.8) is 0 Å². The van der Waals surface area contributed by atoms with Gasteiger partial charge in [-0.3, -0.25) is 9.80 Å². The third-order valence-corrected chi connectivity index (χ3v) is 5.18. The van der Waals surface area contributed by atoms with Crippen LogP contribution in [0.2, 0.25) is 0 Å². The Kier molecular flexibility index (Phi) is 5.18. The number of hydrogen-bond acceptors (Lipinski definition) is 6. The molecular weight excluding hydrogens is 308 g/mol. The minimum absolute atomic E-state index is 0.177. The fraction of sp³-hybridized carbons (Fsp3) is 0.667. The highest BCUT2D eigenvalue weighted by Crippen LogP contribution is 2.39. The van der Waals surface area contributed by atoms with Crippen LogP contribution in [0.5, 0.6) is 17.2 Å². The van der Waals surface area contributed by atoms with E-state index in [0.29, 0.717) is 29.3 Å². The first kappa shape index (κ1) is 17.3. The molecule has 2 heterocycles. The highest BCUT2D eigenvalue weighted by atomic mass is 16.5. The lowest BCUT2D eigenvalue weighted by atomic mass is 10.1. The molecule has 0 spiro atoms. The van der Waals surface area contributed by atoms with Gasteiger partial charge >= 0.3 is 0 Å². The average molecular weight is 336 g/mol. The van der Waals surface area contributed by atoms with Crippen LogP contribution in [-0.2, 0) is 6.54 Å². The number of methoxy groups -OCH3 is 3. The molecule has 2 aliphatic heterocycles. The quantitative estimate of drug-likeness (QED) is 0.876. The van der Waals surface area contributed by atoms with Gasteiger partial charge in [-0.05, 0) is 31.0 Å². The Labute approximate surface area is 143 Å². The number of benzene rings is 1. The van der Waals surface area contributed by atoms with Gasteiger partial charge in [0.05, 0.1) is 27.4 Å². The summed E-state index contributed by atoms with van der Waals surface area (Å²) in [5.74, 6) is 2.00. The molecule has 1 aromatic rings. The lowest BCUT2D eigenvalue weighted by Crippen LogP contribution is -2.54. The van der Waals surface area contributed by atoms with Gasteiger partial charge in [0.15, 0.2) is 11.5 Å². The smallest absolute Gasteiger partial charge is 0.203 e. The van der Waals surface area contributed by atoms with E-state index in [1.165, 1.54) is 0 Å². The fourth-order valence-corrected chi connectivity index (χ4v) is 3.96. The maximum Gasteiger partial charge on any atom is 0.203 e. The molecule has 1 unspecified atom stereocenters. The zero-order valence-corrected chi connectivity index (χ0v) is 15.0. The van der Waals surface area contributed by atoms with Crippen LogP contribution < -0.4 is 14.2 Å². The standard InChI is InChI=1S/C18H28N2O4/c1-12-8-20-11-15(21)7-14(20)10-19(12)9-13-5-16(22-2)18(24-4)17(6-13)23-3/h5-6,12,14-15,21H,7-11H2,1-4H3/t12-,14?,15+/m0/s1. The van der Waals surface area contributed by atoms with Gasteiger partial charge in [0.25, 0.3) is 0 Å². The molecule has 0 bridgehead atoms. The number of ether oxygens (including phenoxy) is 3. The monoisotopic (exact) mass is 336 g/mol. The van der Waals surface area contributed by atoms with Crippen molar-refractivity contribution >= 4 is 0 Å². The van der Waals surface area contributed by atoms with E-state index in [2.05, 4.69) is 16.7 Å². The summed E-state index contributed by atoms with van der Waals surface area (Å²) in [6.07, 6.45) is 0.696. The molecule has 2 fully saturated rings. The summed E-state index contributed by atoms with van der Waals surface area (Å²) in [7, 11) is 4.90. The molecule has 3 rings (SSSR count). The first-order valence-electron chi connectivity index (χ1n) is 8.50.